The third-order valence-electron chi connectivity index (χ3n) is 2.71. The summed E-state index contributed by atoms with van der Waals surface area (Å²) in [7, 11) is -3.94. The zero-order valence-electron chi connectivity index (χ0n) is 12.4. The van der Waals surface area contributed by atoms with Crippen LogP contribution in [0.1, 0.15) is 31.9 Å². The Morgan fingerprint density at radius 1 is 1.20 bits per heavy atom. The van der Waals surface area contributed by atoms with Crippen LogP contribution in [0.15, 0.2) is 17.0 Å². The molecule has 0 spiro atoms. The van der Waals surface area contributed by atoms with E-state index in [1.165, 1.54) is 12.1 Å². The highest BCUT2D eigenvalue weighted by molar-refractivity contribution is 7.90. The van der Waals surface area contributed by atoms with E-state index in [4.69, 9.17) is 5.73 Å². The van der Waals surface area contributed by atoms with Crippen LogP contribution in [0.4, 0.5) is 10.5 Å². The highest BCUT2D eigenvalue weighted by atomic mass is 32.2. The molecule has 2 amide bonds. The van der Waals surface area contributed by atoms with Crippen LogP contribution >= 0.6 is 0 Å². The third-order valence-corrected chi connectivity index (χ3v) is 4.02. The number of nitrogens with one attached hydrogen (secondary N) is 2. The molecule has 0 radical (unpaired) electrons. The Balaban J connectivity index is 3.04. The van der Waals surface area contributed by atoms with E-state index in [0.29, 0.717) is 5.69 Å². The van der Waals surface area contributed by atoms with Crippen molar-refractivity contribution in [2.24, 2.45) is 0 Å². The number of benzene rings is 1. The summed E-state index contributed by atoms with van der Waals surface area (Å²) >= 11 is 0. The monoisotopic (exact) mass is 299 g/mol. The van der Waals surface area contributed by atoms with Gasteiger partial charge in [-0.2, -0.15) is 0 Å². The molecule has 0 aliphatic heterocycles. The summed E-state index contributed by atoms with van der Waals surface area (Å²) in [5, 5.41) is 2.53. The van der Waals surface area contributed by atoms with Crippen molar-refractivity contribution in [1.29, 1.82) is 0 Å². The SMILES string of the molecule is Cc1cc(S(=O)(=O)NC(=O)NC(C)(C)C)cc(N)c1C. The van der Waals surface area contributed by atoms with E-state index < -0.39 is 21.6 Å². The summed E-state index contributed by atoms with van der Waals surface area (Å²) in [5.74, 6) is 0. The van der Waals surface area contributed by atoms with Gasteiger partial charge >= 0.3 is 6.03 Å². The van der Waals surface area contributed by atoms with Gasteiger partial charge in [0.25, 0.3) is 10.0 Å². The maximum atomic E-state index is 12.1. The molecule has 0 fully saturated rings. The number of aryl methyl sites for hydroxylation is 1. The predicted octanol–water partition coefficient (Wildman–Crippen LogP) is 1.67. The quantitative estimate of drug-likeness (QED) is 0.723. The van der Waals surface area contributed by atoms with Crippen molar-refractivity contribution in [3.63, 3.8) is 0 Å². The molecule has 20 heavy (non-hydrogen) atoms. The second-order valence-corrected chi connectivity index (χ2v) is 7.45. The van der Waals surface area contributed by atoms with Crippen molar-refractivity contribution in [3.05, 3.63) is 23.3 Å². The Labute approximate surface area is 119 Å². The van der Waals surface area contributed by atoms with E-state index in [-0.39, 0.29) is 4.90 Å². The first-order valence-electron chi connectivity index (χ1n) is 6.14. The van der Waals surface area contributed by atoms with Gasteiger partial charge < -0.3 is 11.1 Å². The smallest absolute Gasteiger partial charge is 0.329 e. The van der Waals surface area contributed by atoms with E-state index in [1.54, 1.807) is 34.6 Å². The lowest BCUT2D eigenvalue weighted by Crippen LogP contribution is -2.48. The molecule has 0 saturated heterocycles. The normalized spacial score (nSPS) is 12.1. The lowest BCUT2D eigenvalue weighted by Gasteiger charge is -2.20. The molecular weight excluding hydrogens is 278 g/mol. The molecule has 0 bridgehead atoms. The van der Waals surface area contributed by atoms with E-state index >= 15 is 0 Å². The molecule has 112 valence electrons. The van der Waals surface area contributed by atoms with E-state index in [9.17, 15) is 13.2 Å². The molecule has 6 nitrogen and oxygen atoms in total. The van der Waals surface area contributed by atoms with Gasteiger partial charge in [-0.3, -0.25) is 0 Å². The van der Waals surface area contributed by atoms with Crippen LogP contribution in [0.2, 0.25) is 0 Å². The van der Waals surface area contributed by atoms with E-state index in [1.807, 2.05) is 4.72 Å². The minimum Gasteiger partial charge on any atom is -0.398 e. The molecule has 1 rings (SSSR count). The molecule has 0 aliphatic carbocycles. The van der Waals surface area contributed by atoms with Crippen LogP contribution in [0.25, 0.3) is 0 Å². The average molecular weight is 299 g/mol. The van der Waals surface area contributed by atoms with Crippen LogP contribution in [0, 0.1) is 13.8 Å². The highest BCUT2D eigenvalue weighted by Crippen LogP contribution is 2.21. The standard InChI is InChI=1S/C13H21N3O3S/c1-8-6-10(7-11(14)9(8)2)20(18,19)16-12(17)15-13(3,4)5/h6-7H,14H2,1-5H3,(H2,15,16,17). The average Bonchev–Trinajstić information content (AvgIpc) is 2.21. The first-order valence-corrected chi connectivity index (χ1v) is 7.62. The number of anilines is 1. The molecule has 0 heterocycles. The number of carbonyl (C=O) groups is 1. The van der Waals surface area contributed by atoms with Crippen LogP contribution in [-0.4, -0.2) is 20.0 Å². The Kier molecular flexibility index (Phi) is 4.33. The second-order valence-electron chi connectivity index (χ2n) is 5.76. The molecule has 0 atom stereocenters. The van der Waals surface area contributed by atoms with Gasteiger partial charge in [0, 0.05) is 11.2 Å². The van der Waals surface area contributed by atoms with Gasteiger partial charge in [0.1, 0.15) is 0 Å². The van der Waals surface area contributed by atoms with E-state index in [0.717, 1.165) is 11.1 Å². The van der Waals surface area contributed by atoms with Gasteiger partial charge in [-0.1, -0.05) is 0 Å². The number of hydrogen-bond acceptors (Lipinski definition) is 4. The lowest BCUT2D eigenvalue weighted by atomic mass is 10.1. The zero-order valence-corrected chi connectivity index (χ0v) is 13.2. The third kappa shape index (κ3) is 4.12. The van der Waals surface area contributed by atoms with E-state index in [2.05, 4.69) is 5.32 Å². The lowest BCUT2D eigenvalue weighted by molar-refractivity contribution is 0.237. The minimum atomic E-state index is -3.94. The molecular formula is C13H21N3O3S. The zero-order chi connectivity index (χ0) is 15.7. The Bertz CT molecular complexity index is 608. The van der Waals surface area contributed by atoms with Crippen LogP contribution in [-0.2, 0) is 10.0 Å². The molecule has 4 N–H and O–H groups in total. The van der Waals surface area contributed by atoms with Crippen LogP contribution in [0.3, 0.4) is 0 Å². The number of sulfonamides is 1. The molecule has 1 aromatic rings. The van der Waals surface area contributed by atoms with Crippen molar-refractivity contribution >= 4 is 21.7 Å². The second kappa shape index (κ2) is 5.32. The Hall–Kier alpha value is -1.76. The summed E-state index contributed by atoms with van der Waals surface area (Å²) in [6.07, 6.45) is 0. The summed E-state index contributed by atoms with van der Waals surface area (Å²) in [5.41, 5.74) is 7.18. The maximum Gasteiger partial charge on any atom is 0.329 e. The number of amides is 2. The number of nitrogen functional groups attached to an aromatic ring is 1. The van der Waals surface area contributed by atoms with Crippen LogP contribution in [0.5, 0.6) is 0 Å². The van der Waals surface area contributed by atoms with Crippen molar-refractivity contribution < 1.29 is 13.2 Å². The molecule has 0 aliphatic rings. The number of hydrogen-bond donors (Lipinski definition) is 3. The maximum absolute atomic E-state index is 12.1. The Morgan fingerprint density at radius 3 is 2.20 bits per heavy atom. The fraction of sp³-hybridized carbons (Fsp3) is 0.462. The topological polar surface area (TPSA) is 101 Å². The summed E-state index contributed by atoms with van der Waals surface area (Å²) < 4.78 is 26.2. The molecule has 0 saturated carbocycles. The summed E-state index contributed by atoms with van der Waals surface area (Å²) in [6, 6.07) is 2.06. The minimum absolute atomic E-state index is 0.0258. The van der Waals surface area contributed by atoms with Gasteiger partial charge in [0.05, 0.1) is 4.90 Å². The van der Waals surface area contributed by atoms with Gasteiger partial charge in [-0.05, 0) is 57.9 Å². The first-order chi connectivity index (χ1) is 8.92. The van der Waals surface area contributed by atoms with Gasteiger partial charge in [-0.15, -0.1) is 0 Å². The molecule has 7 heteroatoms. The first kappa shape index (κ1) is 16.3. The predicted molar refractivity (Wildman–Crippen MR) is 78.9 cm³/mol. The molecule has 0 unspecified atom stereocenters. The van der Waals surface area contributed by atoms with Gasteiger partial charge in [-0.25, -0.2) is 17.9 Å². The van der Waals surface area contributed by atoms with Gasteiger partial charge in [0.15, 0.2) is 0 Å². The fourth-order valence-corrected chi connectivity index (χ4v) is 2.58. The fourth-order valence-electron chi connectivity index (χ4n) is 1.55. The number of urea groups is 1. The number of carbonyl (C=O) groups excluding carboxylic acids is 1. The molecule has 1 aromatic carbocycles. The number of rotatable bonds is 2. The van der Waals surface area contributed by atoms with Crippen molar-refractivity contribution in [1.82, 2.24) is 10.0 Å². The summed E-state index contributed by atoms with van der Waals surface area (Å²) in [6.45, 7) is 8.84. The Morgan fingerprint density at radius 2 is 1.75 bits per heavy atom. The van der Waals surface area contributed by atoms with Crippen molar-refractivity contribution in [2.75, 3.05) is 5.73 Å². The van der Waals surface area contributed by atoms with Crippen molar-refractivity contribution in [3.8, 4) is 0 Å². The van der Waals surface area contributed by atoms with Crippen LogP contribution < -0.4 is 15.8 Å². The molecule has 0 aromatic heterocycles. The number of nitrogens with two attached hydrogens (primary N) is 1. The van der Waals surface area contributed by atoms with Gasteiger partial charge in [0.2, 0.25) is 0 Å². The highest BCUT2D eigenvalue weighted by Gasteiger charge is 2.22. The van der Waals surface area contributed by atoms with Crippen molar-refractivity contribution in [2.45, 2.75) is 45.1 Å². The summed E-state index contributed by atoms with van der Waals surface area (Å²) in [4.78, 5) is 11.6. The largest absolute Gasteiger partial charge is 0.398 e.